The van der Waals surface area contributed by atoms with Gasteiger partial charge in [-0.25, -0.2) is 4.68 Å². The van der Waals surface area contributed by atoms with Gasteiger partial charge in [0.15, 0.2) is 5.69 Å². The SMILES string of the molecule is COc1cccc(-n2nnc(C(=O)NC(C)CCc3ccco3)c2C)c1. The van der Waals surface area contributed by atoms with Crippen LogP contribution in [0.1, 0.15) is 35.3 Å². The summed E-state index contributed by atoms with van der Waals surface area (Å²) in [7, 11) is 1.61. The number of aromatic nitrogens is 3. The lowest BCUT2D eigenvalue weighted by Gasteiger charge is -2.12. The molecule has 1 unspecified atom stereocenters. The van der Waals surface area contributed by atoms with Crippen LogP contribution in [0.3, 0.4) is 0 Å². The van der Waals surface area contributed by atoms with Crippen LogP contribution in [0.25, 0.3) is 5.69 Å². The van der Waals surface area contributed by atoms with Gasteiger partial charge in [-0.05, 0) is 44.5 Å². The Bertz CT molecular complexity index is 871. The van der Waals surface area contributed by atoms with Gasteiger partial charge in [0.2, 0.25) is 0 Å². The van der Waals surface area contributed by atoms with E-state index in [4.69, 9.17) is 9.15 Å². The Kier molecular flexibility index (Phi) is 5.36. The van der Waals surface area contributed by atoms with E-state index in [1.165, 1.54) is 0 Å². The summed E-state index contributed by atoms with van der Waals surface area (Å²) in [6, 6.07) is 11.2. The minimum Gasteiger partial charge on any atom is -0.497 e. The number of nitrogens with zero attached hydrogens (tertiary/aromatic N) is 3. The molecule has 7 nitrogen and oxygen atoms in total. The van der Waals surface area contributed by atoms with Crippen molar-refractivity contribution in [2.45, 2.75) is 32.7 Å². The van der Waals surface area contributed by atoms with Gasteiger partial charge in [-0.1, -0.05) is 11.3 Å². The van der Waals surface area contributed by atoms with Crippen LogP contribution in [-0.4, -0.2) is 34.1 Å². The Morgan fingerprint density at radius 1 is 1.35 bits per heavy atom. The Hall–Kier alpha value is -3.09. The van der Waals surface area contributed by atoms with Gasteiger partial charge in [0.25, 0.3) is 5.91 Å². The van der Waals surface area contributed by atoms with Gasteiger partial charge >= 0.3 is 0 Å². The fourth-order valence-electron chi connectivity index (χ4n) is 2.70. The van der Waals surface area contributed by atoms with Crippen LogP contribution in [0, 0.1) is 6.92 Å². The van der Waals surface area contributed by atoms with Crippen molar-refractivity contribution in [1.29, 1.82) is 0 Å². The van der Waals surface area contributed by atoms with Crippen LogP contribution >= 0.6 is 0 Å². The van der Waals surface area contributed by atoms with E-state index in [0.717, 1.165) is 30.0 Å². The number of hydrogen-bond acceptors (Lipinski definition) is 5. The summed E-state index contributed by atoms with van der Waals surface area (Å²) >= 11 is 0. The number of aryl methyl sites for hydroxylation is 1. The van der Waals surface area contributed by atoms with E-state index >= 15 is 0 Å². The highest BCUT2D eigenvalue weighted by atomic mass is 16.5. The second-order valence-electron chi connectivity index (χ2n) is 6.13. The molecule has 1 N–H and O–H groups in total. The first kappa shape index (κ1) is 17.7. The smallest absolute Gasteiger partial charge is 0.273 e. The van der Waals surface area contributed by atoms with Crippen molar-refractivity contribution in [2.24, 2.45) is 0 Å². The first-order valence-electron chi connectivity index (χ1n) is 8.48. The zero-order valence-corrected chi connectivity index (χ0v) is 15.1. The minimum absolute atomic E-state index is 0.00558. The molecule has 26 heavy (non-hydrogen) atoms. The second-order valence-corrected chi connectivity index (χ2v) is 6.13. The number of methoxy groups -OCH3 is 1. The molecule has 1 atom stereocenters. The number of carbonyl (C=O) groups is 1. The minimum atomic E-state index is -0.233. The standard InChI is InChI=1S/C19H22N4O3/c1-13(9-10-16-8-5-11-26-16)20-19(24)18-14(2)23(22-21-18)15-6-4-7-17(12-15)25-3/h4-8,11-13H,9-10H2,1-3H3,(H,20,24). The predicted octanol–water partition coefficient (Wildman–Crippen LogP) is 2.93. The van der Waals surface area contributed by atoms with Gasteiger partial charge < -0.3 is 14.5 Å². The normalized spacial score (nSPS) is 12.0. The lowest BCUT2D eigenvalue weighted by Crippen LogP contribution is -2.33. The molecule has 0 aliphatic heterocycles. The zero-order chi connectivity index (χ0) is 18.5. The highest BCUT2D eigenvalue weighted by molar-refractivity contribution is 5.93. The number of carbonyl (C=O) groups excluding carboxylic acids is 1. The summed E-state index contributed by atoms with van der Waals surface area (Å²) in [4.78, 5) is 12.5. The van der Waals surface area contributed by atoms with Crippen molar-refractivity contribution in [3.05, 3.63) is 59.8 Å². The Labute approximate surface area is 152 Å². The van der Waals surface area contributed by atoms with Gasteiger partial charge in [-0.2, -0.15) is 0 Å². The first-order valence-corrected chi connectivity index (χ1v) is 8.48. The summed E-state index contributed by atoms with van der Waals surface area (Å²) in [5.41, 5.74) is 1.78. The van der Waals surface area contributed by atoms with Gasteiger partial charge in [-0.15, -0.1) is 5.10 Å². The summed E-state index contributed by atoms with van der Waals surface area (Å²) in [6.07, 6.45) is 3.20. The van der Waals surface area contributed by atoms with Gasteiger partial charge in [0.05, 0.1) is 24.8 Å². The molecule has 1 amide bonds. The molecule has 2 heterocycles. The van der Waals surface area contributed by atoms with Crippen LogP contribution in [0.4, 0.5) is 0 Å². The number of amides is 1. The van der Waals surface area contributed by atoms with Crippen LogP contribution in [-0.2, 0) is 6.42 Å². The number of nitrogens with one attached hydrogen (secondary N) is 1. The third kappa shape index (κ3) is 3.93. The van der Waals surface area contributed by atoms with E-state index in [9.17, 15) is 4.79 Å². The predicted molar refractivity (Wildman–Crippen MR) is 96.6 cm³/mol. The fraction of sp³-hybridized carbons (Fsp3) is 0.316. The molecular formula is C19H22N4O3. The molecule has 3 aromatic rings. The molecule has 0 aliphatic rings. The maximum Gasteiger partial charge on any atom is 0.273 e. The molecular weight excluding hydrogens is 332 g/mol. The van der Waals surface area contributed by atoms with Crippen molar-refractivity contribution in [1.82, 2.24) is 20.3 Å². The van der Waals surface area contributed by atoms with Crippen LogP contribution in [0.15, 0.2) is 47.1 Å². The van der Waals surface area contributed by atoms with Crippen LogP contribution < -0.4 is 10.1 Å². The van der Waals surface area contributed by atoms with Gasteiger partial charge in [-0.3, -0.25) is 4.79 Å². The van der Waals surface area contributed by atoms with Crippen molar-refractivity contribution in [2.75, 3.05) is 7.11 Å². The molecule has 7 heteroatoms. The molecule has 0 saturated carbocycles. The molecule has 1 aromatic carbocycles. The van der Waals surface area contributed by atoms with E-state index in [1.54, 1.807) is 18.1 Å². The molecule has 3 rings (SSSR count). The number of hydrogen-bond donors (Lipinski definition) is 1. The molecule has 0 aliphatic carbocycles. The first-order chi connectivity index (χ1) is 12.6. The van der Waals surface area contributed by atoms with Crippen LogP contribution in [0.2, 0.25) is 0 Å². The van der Waals surface area contributed by atoms with E-state index < -0.39 is 0 Å². The zero-order valence-electron chi connectivity index (χ0n) is 15.1. The Morgan fingerprint density at radius 3 is 2.92 bits per heavy atom. The molecule has 2 aromatic heterocycles. The number of furan rings is 1. The summed E-state index contributed by atoms with van der Waals surface area (Å²) in [6.45, 7) is 3.78. The lowest BCUT2D eigenvalue weighted by molar-refractivity contribution is 0.0932. The highest BCUT2D eigenvalue weighted by Crippen LogP contribution is 2.18. The van der Waals surface area contributed by atoms with Gasteiger partial charge in [0, 0.05) is 18.5 Å². The van der Waals surface area contributed by atoms with Crippen LogP contribution in [0.5, 0.6) is 5.75 Å². The van der Waals surface area contributed by atoms with Crippen molar-refractivity contribution in [3.8, 4) is 11.4 Å². The molecule has 0 fully saturated rings. The largest absolute Gasteiger partial charge is 0.497 e. The summed E-state index contributed by atoms with van der Waals surface area (Å²) in [5, 5.41) is 11.1. The van der Waals surface area contributed by atoms with Crippen molar-refractivity contribution < 1.29 is 13.9 Å². The molecule has 0 saturated heterocycles. The van der Waals surface area contributed by atoms with E-state index in [2.05, 4.69) is 15.6 Å². The molecule has 0 spiro atoms. The maximum atomic E-state index is 12.5. The Morgan fingerprint density at radius 2 is 2.19 bits per heavy atom. The van der Waals surface area contributed by atoms with Crippen molar-refractivity contribution in [3.63, 3.8) is 0 Å². The maximum absolute atomic E-state index is 12.5. The fourth-order valence-corrected chi connectivity index (χ4v) is 2.70. The van der Waals surface area contributed by atoms with E-state index in [1.807, 2.05) is 50.2 Å². The summed E-state index contributed by atoms with van der Waals surface area (Å²) < 4.78 is 12.2. The quantitative estimate of drug-likeness (QED) is 0.705. The number of ether oxygens (including phenoxy) is 1. The third-order valence-electron chi connectivity index (χ3n) is 4.19. The molecule has 136 valence electrons. The van der Waals surface area contributed by atoms with E-state index in [-0.39, 0.29) is 11.9 Å². The monoisotopic (exact) mass is 354 g/mol. The molecule has 0 radical (unpaired) electrons. The summed E-state index contributed by atoms with van der Waals surface area (Å²) in [5.74, 6) is 1.39. The van der Waals surface area contributed by atoms with E-state index in [0.29, 0.717) is 11.4 Å². The number of rotatable bonds is 7. The third-order valence-corrected chi connectivity index (χ3v) is 4.19. The van der Waals surface area contributed by atoms with Gasteiger partial charge in [0.1, 0.15) is 11.5 Å². The average Bonchev–Trinajstić information content (AvgIpc) is 3.29. The molecule has 0 bridgehead atoms. The van der Waals surface area contributed by atoms with Crippen molar-refractivity contribution >= 4 is 5.91 Å². The lowest BCUT2D eigenvalue weighted by atomic mass is 10.1. The highest BCUT2D eigenvalue weighted by Gasteiger charge is 2.19. The Balaban J connectivity index is 1.67. The topological polar surface area (TPSA) is 82.2 Å². The number of benzene rings is 1. The average molecular weight is 354 g/mol. The second kappa shape index (κ2) is 7.86.